The number of benzene rings is 1. The van der Waals surface area contributed by atoms with Crippen molar-refractivity contribution in [3.63, 3.8) is 0 Å². The molecule has 0 spiro atoms. The zero-order chi connectivity index (χ0) is 15.4. The number of aromatic amines is 1. The fraction of sp³-hybridized carbons (Fsp3) is 0.385. The van der Waals surface area contributed by atoms with Crippen LogP contribution in [0.1, 0.15) is 18.3 Å². The van der Waals surface area contributed by atoms with E-state index in [2.05, 4.69) is 31.6 Å². The van der Waals surface area contributed by atoms with Crippen molar-refractivity contribution >= 4 is 28.1 Å². The lowest BCUT2D eigenvalue weighted by Gasteiger charge is -2.14. The molecule has 1 heterocycles. The molecule has 2 aromatic rings. The summed E-state index contributed by atoms with van der Waals surface area (Å²) in [6.45, 7) is 4.96. The molecule has 0 aliphatic heterocycles. The molecule has 2 rings (SSSR count). The largest absolute Gasteiger partial charge is 0.493 e. The Hall–Kier alpha value is -1.54. The summed E-state index contributed by atoms with van der Waals surface area (Å²) >= 11 is 8.69. The molecule has 0 unspecified atom stereocenters. The molecule has 114 valence electrons. The van der Waals surface area contributed by atoms with E-state index in [0.717, 1.165) is 15.9 Å². The highest BCUT2D eigenvalue weighted by molar-refractivity contribution is 9.10. The average molecular weight is 373 g/mol. The van der Waals surface area contributed by atoms with Gasteiger partial charge >= 0.3 is 0 Å². The third-order valence-corrected chi connectivity index (χ3v) is 3.91. The lowest BCUT2D eigenvalue weighted by Crippen LogP contribution is -2.16. The summed E-state index contributed by atoms with van der Waals surface area (Å²) in [7, 11) is 1.62. The Labute approximate surface area is 136 Å². The first kappa shape index (κ1) is 15.8. The minimum atomic E-state index is 0.530. The Morgan fingerprint density at radius 3 is 2.76 bits per heavy atom. The fourth-order valence-corrected chi connectivity index (χ4v) is 2.57. The van der Waals surface area contributed by atoms with E-state index in [-0.39, 0.29) is 0 Å². The highest BCUT2D eigenvalue weighted by Gasteiger charge is 2.10. The first-order valence-corrected chi connectivity index (χ1v) is 7.64. The number of methoxy groups -OCH3 is 1. The van der Waals surface area contributed by atoms with Gasteiger partial charge in [0.1, 0.15) is 5.82 Å². The summed E-state index contributed by atoms with van der Waals surface area (Å²) in [5.41, 5.74) is 4.25. The number of nitrogens with one attached hydrogen (secondary N) is 2. The van der Waals surface area contributed by atoms with Crippen LogP contribution in [0.4, 0.5) is 0 Å². The predicted octanol–water partition coefficient (Wildman–Crippen LogP) is 3.16. The standard InChI is InChI=1S/C13H17BrN4O2S/c1-4-20-12-5-9(10(14)6-11(12)19-3)7-15-18-8(2)16-17-13(18)21/h5-6,15H,4,7H2,1-3H3,(H,17,21). The van der Waals surface area contributed by atoms with Crippen LogP contribution in [0.2, 0.25) is 0 Å². The van der Waals surface area contributed by atoms with Crippen LogP contribution < -0.4 is 14.9 Å². The van der Waals surface area contributed by atoms with Crippen molar-refractivity contribution in [3.05, 3.63) is 32.8 Å². The van der Waals surface area contributed by atoms with Gasteiger partial charge in [-0.15, -0.1) is 0 Å². The highest BCUT2D eigenvalue weighted by atomic mass is 79.9. The van der Waals surface area contributed by atoms with Gasteiger partial charge in [-0.2, -0.15) is 5.10 Å². The van der Waals surface area contributed by atoms with E-state index in [1.807, 2.05) is 26.0 Å². The molecule has 1 aromatic carbocycles. The number of ether oxygens (including phenoxy) is 2. The van der Waals surface area contributed by atoms with E-state index in [4.69, 9.17) is 21.7 Å². The van der Waals surface area contributed by atoms with Gasteiger partial charge in [0.25, 0.3) is 0 Å². The predicted molar refractivity (Wildman–Crippen MR) is 87.1 cm³/mol. The van der Waals surface area contributed by atoms with E-state index in [1.165, 1.54) is 0 Å². The summed E-state index contributed by atoms with van der Waals surface area (Å²) in [6, 6.07) is 3.84. The van der Waals surface area contributed by atoms with E-state index < -0.39 is 0 Å². The maximum atomic E-state index is 5.59. The monoisotopic (exact) mass is 372 g/mol. The van der Waals surface area contributed by atoms with Crippen LogP contribution in [0.3, 0.4) is 0 Å². The van der Waals surface area contributed by atoms with Crippen LogP contribution in [0.5, 0.6) is 11.5 Å². The van der Waals surface area contributed by atoms with Crippen LogP contribution in [-0.2, 0) is 6.54 Å². The van der Waals surface area contributed by atoms with Crippen molar-refractivity contribution in [1.82, 2.24) is 14.9 Å². The number of hydrogen-bond donors (Lipinski definition) is 2. The van der Waals surface area contributed by atoms with Gasteiger partial charge in [0, 0.05) is 4.47 Å². The summed E-state index contributed by atoms with van der Waals surface area (Å²) in [5.74, 6) is 2.19. The number of halogens is 1. The molecule has 8 heteroatoms. The Kier molecular flexibility index (Phi) is 5.24. The van der Waals surface area contributed by atoms with E-state index >= 15 is 0 Å². The minimum absolute atomic E-state index is 0.530. The van der Waals surface area contributed by atoms with Crippen molar-refractivity contribution in [2.75, 3.05) is 19.1 Å². The summed E-state index contributed by atoms with van der Waals surface area (Å²) in [5, 5.41) is 6.79. The molecule has 0 amide bonds. The number of aryl methyl sites for hydroxylation is 1. The number of aromatic nitrogens is 3. The molecular formula is C13H17BrN4O2S. The van der Waals surface area contributed by atoms with Crippen molar-refractivity contribution in [1.29, 1.82) is 0 Å². The third-order valence-electron chi connectivity index (χ3n) is 2.90. The number of rotatable bonds is 6. The van der Waals surface area contributed by atoms with Crippen LogP contribution in [0.15, 0.2) is 16.6 Å². The molecule has 0 atom stereocenters. The van der Waals surface area contributed by atoms with Crippen molar-refractivity contribution in [2.24, 2.45) is 0 Å². The zero-order valence-corrected chi connectivity index (χ0v) is 14.5. The van der Waals surface area contributed by atoms with Crippen LogP contribution >= 0.6 is 28.1 Å². The second kappa shape index (κ2) is 6.95. The molecule has 0 aliphatic rings. The SMILES string of the molecule is CCOc1cc(CNn2c(C)n[nH]c2=S)c(Br)cc1OC. The Bertz CT molecular complexity index is 683. The first-order chi connectivity index (χ1) is 10.1. The first-order valence-electron chi connectivity index (χ1n) is 6.44. The van der Waals surface area contributed by atoms with Crippen LogP contribution in [0.25, 0.3) is 0 Å². The van der Waals surface area contributed by atoms with Crippen molar-refractivity contribution in [3.8, 4) is 11.5 Å². The number of nitrogens with zero attached hydrogens (tertiary/aromatic N) is 2. The molecule has 2 N–H and O–H groups in total. The molecule has 0 saturated heterocycles. The molecule has 6 nitrogen and oxygen atoms in total. The van der Waals surface area contributed by atoms with E-state index in [0.29, 0.717) is 29.4 Å². The average Bonchev–Trinajstić information content (AvgIpc) is 2.78. The molecule has 21 heavy (non-hydrogen) atoms. The van der Waals surface area contributed by atoms with Gasteiger partial charge in [0.15, 0.2) is 11.5 Å². The van der Waals surface area contributed by atoms with Gasteiger partial charge in [-0.3, -0.25) is 5.10 Å². The van der Waals surface area contributed by atoms with Crippen LogP contribution in [-0.4, -0.2) is 28.6 Å². The molecule has 0 radical (unpaired) electrons. The van der Waals surface area contributed by atoms with Crippen molar-refractivity contribution < 1.29 is 9.47 Å². The molecule has 0 saturated carbocycles. The van der Waals surface area contributed by atoms with Gasteiger partial charge in [-0.25, -0.2) is 4.68 Å². The molecule has 0 fully saturated rings. The summed E-state index contributed by atoms with van der Waals surface area (Å²) in [4.78, 5) is 0. The Balaban J connectivity index is 2.23. The minimum Gasteiger partial charge on any atom is -0.493 e. The Morgan fingerprint density at radius 2 is 2.19 bits per heavy atom. The molecule has 1 aromatic heterocycles. The number of hydrogen-bond acceptors (Lipinski definition) is 5. The van der Waals surface area contributed by atoms with Gasteiger partial charge in [-0.1, -0.05) is 15.9 Å². The quantitative estimate of drug-likeness (QED) is 0.762. The lowest BCUT2D eigenvalue weighted by atomic mass is 10.2. The lowest BCUT2D eigenvalue weighted by molar-refractivity contribution is 0.310. The Morgan fingerprint density at radius 1 is 1.43 bits per heavy atom. The number of H-pyrrole nitrogens is 1. The summed E-state index contributed by atoms with van der Waals surface area (Å²) < 4.78 is 14.1. The van der Waals surface area contributed by atoms with E-state index in [1.54, 1.807) is 11.8 Å². The third kappa shape index (κ3) is 3.56. The fourth-order valence-electron chi connectivity index (χ4n) is 1.87. The molecular weight excluding hydrogens is 356 g/mol. The topological polar surface area (TPSA) is 64.1 Å². The zero-order valence-electron chi connectivity index (χ0n) is 12.1. The maximum Gasteiger partial charge on any atom is 0.214 e. The normalized spacial score (nSPS) is 10.5. The van der Waals surface area contributed by atoms with Gasteiger partial charge < -0.3 is 14.9 Å². The summed E-state index contributed by atoms with van der Waals surface area (Å²) in [6.07, 6.45) is 0. The highest BCUT2D eigenvalue weighted by Crippen LogP contribution is 2.33. The van der Waals surface area contributed by atoms with E-state index in [9.17, 15) is 0 Å². The molecule has 0 aliphatic carbocycles. The van der Waals surface area contributed by atoms with Gasteiger partial charge in [-0.05, 0) is 43.8 Å². The smallest absolute Gasteiger partial charge is 0.214 e. The van der Waals surface area contributed by atoms with Crippen LogP contribution in [0, 0.1) is 11.7 Å². The van der Waals surface area contributed by atoms with Gasteiger partial charge in [0.05, 0.1) is 20.3 Å². The second-order valence-electron chi connectivity index (χ2n) is 4.27. The van der Waals surface area contributed by atoms with Gasteiger partial charge in [0.2, 0.25) is 4.77 Å². The maximum absolute atomic E-state index is 5.59. The second-order valence-corrected chi connectivity index (χ2v) is 5.51. The molecule has 0 bridgehead atoms. The van der Waals surface area contributed by atoms with Crippen molar-refractivity contribution in [2.45, 2.75) is 20.4 Å².